The van der Waals surface area contributed by atoms with Crippen LogP contribution in [0.5, 0.6) is 5.75 Å². The predicted octanol–water partition coefficient (Wildman–Crippen LogP) is 4.12. The summed E-state index contributed by atoms with van der Waals surface area (Å²) in [6.45, 7) is 1.46. The van der Waals surface area contributed by atoms with Crippen molar-refractivity contribution in [3.05, 3.63) is 34.2 Å². The highest BCUT2D eigenvalue weighted by atomic mass is 35.5. The molecule has 0 aliphatic carbocycles. The summed E-state index contributed by atoms with van der Waals surface area (Å²) in [7, 11) is 0. The van der Waals surface area contributed by atoms with Gasteiger partial charge >= 0.3 is 0 Å². The molecule has 0 aliphatic heterocycles. The summed E-state index contributed by atoms with van der Waals surface area (Å²) in [4.78, 5) is 14.0. The molecular weight excluding hydrogens is 368 g/mol. The molecule has 146 valence electrons. The summed E-state index contributed by atoms with van der Waals surface area (Å²) in [6, 6.07) is 1.88. The monoisotopic (exact) mass is 391 g/mol. The van der Waals surface area contributed by atoms with Gasteiger partial charge in [-0.1, -0.05) is 18.0 Å². The van der Waals surface area contributed by atoms with Crippen molar-refractivity contribution in [3.63, 3.8) is 0 Å². The van der Waals surface area contributed by atoms with Gasteiger partial charge in [0.2, 0.25) is 5.91 Å². The molecule has 0 saturated carbocycles. The van der Waals surface area contributed by atoms with Crippen molar-refractivity contribution in [2.75, 3.05) is 19.7 Å². The first-order valence-electron chi connectivity index (χ1n) is 8.22. The number of rotatable bonds is 12. The Hall–Kier alpha value is -2.09. The van der Waals surface area contributed by atoms with Crippen LogP contribution in [-0.4, -0.2) is 25.6 Å². The van der Waals surface area contributed by atoms with Crippen molar-refractivity contribution >= 4 is 24.0 Å². The first-order valence-corrected chi connectivity index (χ1v) is 8.22. The van der Waals surface area contributed by atoms with Gasteiger partial charge in [-0.2, -0.15) is 0 Å². The molecule has 0 aliphatic rings. The third kappa shape index (κ3) is 9.41. The number of unbranched alkanes of at least 4 members (excludes halogenated alkanes) is 3. The number of nitrogens with two attached hydrogens (primary N) is 1. The van der Waals surface area contributed by atoms with Crippen LogP contribution in [0.4, 0.5) is 14.5 Å². The maximum atomic E-state index is 13.5. The molecule has 0 fully saturated rings. The van der Waals surface area contributed by atoms with Crippen LogP contribution in [0.2, 0.25) is 0 Å². The van der Waals surface area contributed by atoms with Gasteiger partial charge in [-0.25, -0.2) is 8.78 Å². The number of carbonyl (C=O) groups is 1. The van der Waals surface area contributed by atoms with Crippen LogP contribution in [0.15, 0.2) is 17.2 Å². The number of nitrogens with zero attached hydrogens (tertiary/aromatic N) is 3. The van der Waals surface area contributed by atoms with Crippen molar-refractivity contribution in [3.8, 4) is 5.75 Å². The third-order valence-electron chi connectivity index (χ3n) is 3.41. The Bertz CT molecular complexity index is 589. The molecule has 26 heavy (non-hydrogen) atoms. The second-order valence-electron chi connectivity index (χ2n) is 5.43. The quantitative estimate of drug-likeness (QED) is 0.242. The zero-order chi connectivity index (χ0) is 18.5. The van der Waals surface area contributed by atoms with Crippen molar-refractivity contribution in [2.45, 2.75) is 38.5 Å². The number of hydrogen-bond acceptors (Lipinski definition) is 4. The van der Waals surface area contributed by atoms with Crippen LogP contribution in [0.3, 0.4) is 0 Å². The molecule has 10 heteroatoms. The lowest BCUT2D eigenvalue weighted by Crippen LogP contribution is -2.24. The van der Waals surface area contributed by atoms with Gasteiger partial charge in [-0.15, -0.1) is 12.4 Å². The van der Waals surface area contributed by atoms with Crippen LogP contribution >= 0.6 is 12.4 Å². The standard InChI is InChI=1S/C16H23F2N5O2.ClH/c17-13-10-12(11-14(18)16(13)22-23-20)25-9-5-6-15(24)21-8-4-2-1-3-7-19;/h10-11H,1-9,19H2,(H,21,24);1H. The number of ether oxygens (including phenoxy) is 1. The third-order valence-corrected chi connectivity index (χ3v) is 3.41. The molecule has 1 aromatic carbocycles. The largest absolute Gasteiger partial charge is 0.493 e. The SMILES string of the molecule is Cl.[N-]=[N+]=Nc1c(F)cc(OCCCC(=O)NCCCCCCN)cc1F. The van der Waals surface area contributed by atoms with E-state index in [1.54, 1.807) is 0 Å². The number of hydrogen-bond donors (Lipinski definition) is 2. The molecule has 1 aromatic rings. The second-order valence-corrected chi connectivity index (χ2v) is 5.43. The lowest BCUT2D eigenvalue weighted by atomic mass is 10.2. The summed E-state index contributed by atoms with van der Waals surface area (Å²) in [5, 5.41) is 5.74. The topological polar surface area (TPSA) is 113 Å². The van der Waals surface area contributed by atoms with Crippen LogP contribution < -0.4 is 15.8 Å². The maximum absolute atomic E-state index is 13.5. The molecule has 0 unspecified atom stereocenters. The Morgan fingerprint density at radius 1 is 1.19 bits per heavy atom. The highest BCUT2D eigenvalue weighted by molar-refractivity contribution is 5.85. The van der Waals surface area contributed by atoms with Crippen LogP contribution in [0.1, 0.15) is 38.5 Å². The molecule has 0 atom stereocenters. The Morgan fingerprint density at radius 3 is 2.46 bits per heavy atom. The van der Waals surface area contributed by atoms with Crippen LogP contribution in [-0.2, 0) is 4.79 Å². The second kappa shape index (κ2) is 14.1. The molecule has 3 N–H and O–H groups in total. The van der Waals surface area contributed by atoms with Crippen molar-refractivity contribution < 1.29 is 18.3 Å². The number of amides is 1. The molecule has 1 rings (SSSR count). The molecule has 7 nitrogen and oxygen atoms in total. The predicted molar refractivity (Wildman–Crippen MR) is 97.7 cm³/mol. The lowest BCUT2D eigenvalue weighted by molar-refractivity contribution is -0.121. The molecule has 0 heterocycles. The fourth-order valence-corrected chi connectivity index (χ4v) is 2.13. The number of halogens is 3. The first-order chi connectivity index (χ1) is 12.1. The van der Waals surface area contributed by atoms with E-state index in [0.717, 1.165) is 37.8 Å². The van der Waals surface area contributed by atoms with Crippen molar-refractivity contribution in [2.24, 2.45) is 10.8 Å². The summed E-state index contributed by atoms with van der Waals surface area (Å²) in [5.74, 6) is -2.11. The Balaban J connectivity index is 0.00000625. The zero-order valence-corrected chi connectivity index (χ0v) is 15.2. The van der Waals surface area contributed by atoms with Gasteiger partial charge in [-0.05, 0) is 31.3 Å². The normalized spacial score (nSPS) is 9.81. The average molecular weight is 392 g/mol. The zero-order valence-electron chi connectivity index (χ0n) is 14.4. The fourth-order valence-electron chi connectivity index (χ4n) is 2.13. The maximum Gasteiger partial charge on any atom is 0.220 e. The highest BCUT2D eigenvalue weighted by Crippen LogP contribution is 2.27. The van der Waals surface area contributed by atoms with Crippen LogP contribution in [0, 0.1) is 11.6 Å². The summed E-state index contributed by atoms with van der Waals surface area (Å²) >= 11 is 0. The first kappa shape index (κ1) is 23.9. The average Bonchev–Trinajstić information content (AvgIpc) is 2.58. The molecule has 0 aromatic heterocycles. The molecule has 1 amide bonds. The molecule has 0 bridgehead atoms. The highest BCUT2D eigenvalue weighted by Gasteiger charge is 2.10. The lowest BCUT2D eigenvalue weighted by Gasteiger charge is -2.08. The van der Waals surface area contributed by atoms with Gasteiger partial charge in [0.15, 0.2) is 0 Å². The number of nitrogens with one attached hydrogen (secondary N) is 1. The molecule has 0 radical (unpaired) electrons. The van der Waals surface area contributed by atoms with E-state index >= 15 is 0 Å². The number of carbonyl (C=O) groups excluding carboxylic acids is 1. The smallest absolute Gasteiger partial charge is 0.220 e. The van der Waals surface area contributed by atoms with Gasteiger partial charge in [0.05, 0.1) is 6.61 Å². The minimum Gasteiger partial charge on any atom is -0.493 e. The summed E-state index contributed by atoms with van der Waals surface area (Å²) in [6.07, 6.45) is 4.69. The minimum atomic E-state index is -1.000. The van der Waals surface area contributed by atoms with Gasteiger partial charge in [0.25, 0.3) is 0 Å². The fraction of sp³-hybridized carbons (Fsp3) is 0.562. The Morgan fingerprint density at radius 2 is 1.85 bits per heavy atom. The van der Waals surface area contributed by atoms with Gasteiger partial charge in [0.1, 0.15) is 23.1 Å². The minimum absolute atomic E-state index is 0. The van der Waals surface area contributed by atoms with E-state index in [9.17, 15) is 13.6 Å². The Kier molecular flexibility index (Phi) is 13.0. The van der Waals surface area contributed by atoms with Crippen LogP contribution in [0.25, 0.3) is 10.4 Å². The molecule has 0 saturated heterocycles. The van der Waals surface area contributed by atoms with Gasteiger partial charge < -0.3 is 15.8 Å². The van der Waals surface area contributed by atoms with Gasteiger partial charge in [-0.3, -0.25) is 4.79 Å². The van der Waals surface area contributed by atoms with E-state index in [0.29, 0.717) is 19.5 Å². The molecule has 0 spiro atoms. The number of azide groups is 1. The summed E-state index contributed by atoms with van der Waals surface area (Å²) < 4.78 is 32.3. The Labute approximate surface area is 157 Å². The molecular formula is C16H24ClF2N5O2. The van der Waals surface area contributed by atoms with E-state index in [1.807, 2.05) is 0 Å². The van der Waals surface area contributed by atoms with Gasteiger partial charge in [0, 0.05) is 30.0 Å². The van der Waals surface area contributed by atoms with Crippen molar-refractivity contribution in [1.29, 1.82) is 0 Å². The number of benzene rings is 1. The van der Waals surface area contributed by atoms with E-state index < -0.39 is 17.3 Å². The van der Waals surface area contributed by atoms with Crippen molar-refractivity contribution in [1.82, 2.24) is 5.32 Å². The van der Waals surface area contributed by atoms with E-state index in [-0.39, 0.29) is 37.1 Å². The summed E-state index contributed by atoms with van der Waals surface area (Å²) in [5.41, 5.74) is 12.9. The van der Waals surface area contributed by atoms with E-state index in [2.05, 4.69) is 15.3 Å². The van der Waals surface area contributed by atoms with E-state index in [1.165, 1.54) is 0 Å². The van der Waals surface area contributed by atoms with E-state index in [4.69, 9.17) is 16.0 Å².